The van der Waals surface area contributed by atoms with E-state index < -0.39 is 0 Å². The molecular formula is C15H24N2O3. The highest BCUT2D eigenvalue weighted by Gasteiger charge is 2.24. The first-order valence-corrected chi connectivity index (χ1v) is 7.22. The summed E-state index contributed by atoms with van der Waals surface area (Å²) in [6.45, 7) is 11.0. The molecule has 112 valence electrons. The quantitative estimate of drug-likeness (QED) is 0.911. The molecule has 1 saturated heterocycles. The van der Waals surface area contributed by atoms with Gasteiger partial charge in [0.1, 0.15) is 0 Å². The van der Waals surface area contributed by atoms with Crippen LogP contribution in [-0.2, 0) is 17.8 Å². The van der Waals surface area contributed by atoms with E-state index in [4.69, 9.17) is 4.74 Å². The van der Waals surface area contributed by atoms with Crippen molar-refractivity contribution in [2.45, 2.75) is 53.0 Å². The highest BCUT2D eigenvalue weighted by molar-refractivity contribution is 5.29. The first-order valence-electron chi connectivity index (χ1n) is 7.22. The molecule has 1 aliphatic heterocycles. The van der Waals surface area contributed by atoms with Gasteiger partial charge in [-0.1, -0.05) is 0 Å². The Bertz CT molecular complexity index is 529. The van der Waals surface area contributed by atoms with Gasteiger partial charge >= 0.3 is 0 Å². The van der Waals surface area contributed by atoms with Gasteiger partial charge in [-0.05, 0) is 27.7 Å². The first-order chi connectivity index (χ1) is 9.42. The molecule has 1 fully saturated rings. The van der Waals surface area contributed by atoms with E-state index in [0.717, 1.165) is 25.3 Å². The lowest BCUT2D eigenvalue weighted by atomic mass is 10.2. The summed E-state index contributed by atoms with van der Waals surface area (Å²) < 4.78 is 7.72. The van der Waals surface area contributed by atoms with Crippen LogP contribution in [0.15, 0.2) is 10.9 Å². The Morgan fingerprint density at radius 1 is 1.35 bits per heavy atom. The van der Waals surface area contributed by atoms with Crippen LogP contribution in [0.5, 0.6) is 5.75 Å². The van der Waals surface area contributed by atoms with Crippen LogP contribution < -0.4 is 5.43 Å². The van der Waals surface area contributed by atoms with E-state index in [1.54, 1.807) is 0 Å². The molecule has 0 spiro atoms. The van der Waals surface area contributed by atoms with Crippen molar-refractivity contribution in [3.05, 3.63) is 27.7 Å². The van der Waals surface area contributed by atoms with Gasteiger partial charge in [-0.2, -0.15) is 0 Å². The lowest BCUT2D eigenvalue weighted by Gasteiger charge is -2.35. The third kappa shape index (κ3) is 3.04. The van der Waals surface area contributed by atoms with E-state index in [0.29, 0.717) is 12.2 Å². The van der Waals surface area contributed by atoms with Gasteiger partial charge in [0.25, 0.3) is 0 Å². The molecular weight excluding hydrogens is 256 g/mol. The predicted molar refractivity (Wildman–Crippen MR) is 78.1 cm³/mol. The lowest BCUT2D eigenvalue weighted by molar-refractivity contribution is -0.0712. The Labute approximate surface area is 119 Å². The van der Waals surface area contributed by atoms with E-state index in [1.165, 1.54) is 6.07 Å². The number of ether oxygens (including phenoxy) is 1. The highest BCUT2D eigenvalue weighted by Crippen LogP contribution is 2.19. The van der Waals surface area contributed by atoms with E-state index >= 15 is 0 Å². The van der Waals surface area contributed by atoms with Gasteiger partial charge in [-0.15, -0.1) is 0 Å². The van der Waals surface area contributed by atoms with Gasteiger partial charge < -0.3 is 14.4 Å². The molecule has 2 unspecified atom stereocenters. The van der Waals surface area contributed by atoms with Crippen molar-refractivity contribution in [3.8, 4) is 5.75 Å². The van der Waals surface area contributed by atoms with Crippen molar-refractivity contribution in [2.24, 2.45) is 0 Å². The standard InChI is InChI=1S/C15H24N2O3/c1-5-17-10(2)6-14(18)15(19)13(17)9-16-7-11(3)20-12(4)8-16/h6,11-12,19H,5,7-9H2,1-4H3. The topological polar surface area (TPSA) is 54.7 Å². The molecule has 0 saturated carbocycles. The van der Waals surface area contributed by atoms with E-state index in [9.17, 15) is 9.90 Å². The van der Waals surface area contributed by atoms with Crippen LogP contribution in [0, 0.1) is 6.92 Å². The van der Waals surface area contributed by atoms with E-state index in [2.05, 4.69) is 4.90 Å². The lowest BCUT2D eigenvalue weighted by Crippen LogP contribution is -2.45. The van der Waals surface area contributed by atoms with Crippen molar-refractivity contribution in [1.29, 1.82) is 0 Å². The average Bonchev–Trinajstić information content (AvgIpc) is 2.34. The maximum absolute atomic E-state index is 11.8. The maximum Gasteiger partial charge on any atom is 0.223 e. The molecule has 20 heavy (non-hydrogen) atoms. The second kappa shape index (κ2) is 5.97. The van der Waals surface area contributed by atoms with Gasteiger partial charge in [0.2, 0.25) is 5.43 Å². The summed E-state index contributed by atoms with van der Waals surface area (Å²) in [6, 6.07) is 1.49. The summed E-state index contributed by atoms with van der Waals surface area (Å²) in [5.41, 5.74) is 1.30. The molecule has 1 aromatic heterocycles. The van der Waals surface area contributed by atoms with Crippen LogP contribution in [0.4, 0.5) is 0 Å². The van der Waals surface area contributed by atoms with Crippen molar-refractivity contribution >= 4 is 0 Å². The summed E-state index contributed by atoms with van der Waals surface area (Å²) in [5, 5.41) is 10.1. The zero-order valence-electron chi connectivity index (χ0n) is 12.7. The summed E-state index contributed by atoms with van der Waals surface area (Å²) in [5.74, 6) is -0.121. The SMILES string of the molecule is CCn1c(C)cc(=O)c(O)c1CN1CC(C)OC(C)C1. The summed E-state index contributed by atoms with van der Waals surface area (Å²) in [6.07, 6.45) is 0.347. The zero-order chi connectivity index (χ0) is 14.9. The highest BCUT2D eigenvalue weighted by atomic mass is 16.5. The fraction of sp³-hybridized carbons (Fsp3) is 0.667. The third-order valence-electron chi connectivity index (χ3n) is 3.78. The number of hydrogen-bond acceptors (Lipinski definition) is 4. The van der Waals surface area contributed by atoms with Gasteiger partial charge in [0.15, 0.2) is 5.75 Å². The minimum Gasteiger partial charge on any atom is -0.503 e. The minimum absolute atomic E-state index is 0.121. The number of morpholine rings is 1. The molecule has 0 bridgehead atoms. The Morgan fingerprint density at radius 2 is 1.95 bits per heavy atom. The zero-order valence-corrected chi connectivity index (χ0v) is 12.7. The van der Waals surface area contributed by atoms with Crippen molar-refractivity contribution in [1.82, 2.24) is 9.47 Å². The maximum atomic E-state index is 11.8. The Kier molecular flexibility index (Phi) is 4.50. The number of aromatic nitrogens is 1. The number of aryl methyl sites for hydroxylation is 1. The molecule has 0 aromatic carbocycles. The Balaban J connectivity index is 2.31. The van der Waals surface area contributed by atoms with Crippen molar-refractivity contribution < 1.29 is 9.84 Å². The van der Waals surface area contributed by atoms with Crippen molar-refractivity contribution in [3.63, 3.8) is 0 Å². The monoisotopic (exact) mass is 280 g/mol. The molecule has 0 aliphatic carbocycles. The van der Waals surface area contributed by atoms with Crippen LogP contribution in [0.25, 0.3) is 0 Å². The molecule has 0 radical (unpaired) electrons. The fourth-order valence-electron chi connectivity index (χ4n) is 3.04. The van der Waals surface area contributed by atoms with Gasteiger partial charge in [-0.25, -0.2) is 0 Å². The molecule has 5 nitrogen and oxygen atoms in total. The molecule has 1 N–H and O–H groups in total. The molecule has 1 aromatic rings. The summed E-state index contributed by atoms with van der Waals surface area (Å²) in [7, 11) is 0. The number of hydrogen-bond donors (Lipinski definition) is 1. The Hall–Kier alpha value is -1.33. The number of pyridine rings is 1. The van der Waals surface area contributed by atoms with Crippen LogP contribution in [0.1, 0.15) is 32.2 Å². The summed E-state index contributed by atoms with van der Waals surface area (Å²) in [4.78, 5) is 14.0. The molecule has 1 aliphatic rings. The van der Waals surface area contributed by atoms with Gasteiger partial charge in [0.05, 0.1) is 17.9 Å². The van der Waals surface area contributed by atoms with Crippen LogP contribution in [0.3, 0.4) is 0 Å². The molecule has 2 heterocycles. The third-order valence-corrected chi connectivity index (χ3v) is 3.78. The summed E-state index contributed by atoms with van der Waals surface area (Å²) >= 11 is 0. The predicted octanol–water partition coefficient (Wildman–Crippen LogP) is 1.49. The van der Waals surface area contributed by atoms with E-state index in [-0.39, 0.29) is 23.4 Å². The Morgan fingerprint density at radius 3 is 2.50 bits per heavy atom. The minimum atomic E-state index is -0.295. The van der Waals surface area contributed by atoms with Gasteiger partial charge in [0, 0.05) is 37.9 Å². The van der Waals surface area contributed by atoms with Crippen LogP contribution >= 0.6 is 0 Å². The fourth-order valence-corrected chi connectivity index (χ4v) is 3.04. The van der Waals surface area contributed by atoms with Crippen molar-refractivity contribution in [2.75, 3.05) is 13.1 Å². The van der Waals surface area contributed by atoms with Crippen LogP contribution in [-0.4, -0.2) is 39.9 Å². The molecule has 5 heteroatoms. The average molecular weight is 280 g/mol. The smallest absolute Gasteiger partial charge is 0.223 e. The van der Waals surface area contributed by atoms with E-state index in [1.807, 2.05) is 32.3 Å². The largest absolute Gasteiger partial charge is 0.503 e. The second-order valence-corrected chi connectivity index (χ2v) is 5.64. The molecule has 2 atom stereocenters. The normalized spacial score (nSPS) is 24.0. The number of rotatable bonds is 3. The van der Waals surface area contributed by atoms with Crippen LogP contribution in [0.2, 0.25) is 0 Å². The second-order valence-electron chi connectivity index (χ2n) is 5.64. The number of aromatic hydroxyl groups is 1. The molecule has 0 amide bonds. The molecule has 2 rings (SSSR count). The number of nitrogens with zero attached hydrogens (tertiary/aromatic N) is 2. The first kappa shape index (κ1) is 15.1. The van der Waals surface area contributed by atoms with Gasteiger partial charge in [-0.3, -0.25) is 9.69 Å².